The van der Waals surface area contributed by atoms with Crippen molar-refractivity contribution in [2.75, 3.05) is 9.80 Å². The minimum atomic E-state index is -0.0436. The number of benzene rings is 7. The number of hydrogen-bond acceptors (Lipinski definition) is 5. The number of hydrogen-bond donors (Lipinski definition) is 0. The Hall–Kier alpha value is -7.67. The zero-order valence-electron chi connectivity index (χ0n) is 41.0. The monoisotopic (exact) mass is 1140 g/mol. The Kier molecular flexibility index (Phi) is 9.73. The van der Waals surface area contributed by atoms with Crippen LogP contribution in [0.15, 0.2) is 176 Å². The molecule has 0 radical (unpaired) electrons. The average Bonchev–Trinajstić information content (AvgIpc) is 4.15. The third kappa shape index (κ3) is 6.12. The molecule has 1 aliphatic heterocycles. The number of rotatable bonds is 7. The first-order valence-electron chi connectivity index (χ1n) is 25.9. The van der Waals surface area contributed by atoms with Crippen LogP contribution in [0.3, 0.4) is 0 Å². The van der Waals surface area contributed by atoms with Crippen LogP contribution in [0.1, 0.15) is 43.2 Å². The summed E-state index contributed by atoms with van der Waals surface area (Å²) in [6.45, 7) is 2.22. The van der Waals surface area contributed by atoms with Crippen molar-refractivity contribution >= 4 is 88.2 Å². The summed E-state index contributed by atoms with van der Waals surface area (Å²) in [7, 11) is 4.39. The van der Waals surface area contributed by atoms with Crippen LogP contribution in [0.5, 0.6) is 11.5 Å². The van der Waals surface area contributed by atoms with Crippen LogP contribution in [-0.4, -0.2) is 23.7 Å². The molecule has 0 saturated heterocycles. The Morgan fingerprint density at radius 3 is 1.89 bits per heavy atom. The molecule has 12 aromatic rings. The van der Waals surface area contributed by atoms with Crippen molar-refractivity contribution in [1.82, 2.24) is 23.7 Å². The third-order valence-corrected chi connectivity index (χ3v) is 17.7. The van der Waals surface area contributed by atoms with E-state index in [1.165, 1.54) is 86.8 Å². The summed E-state index contributed by atoms with van der Waals surface area (Å²) >= 11 is 0. The van der Waals surface area contributed by atoms with Gasteiger partial charge in [0.2, 0.25) is 0 Å². The molecule has 4 aliphatic carbocycles. The molecule has 4 bridgehead atoms. The molecular weight excluding hydrogens is 1090 g/mol. The smallest absolute Gasteiger partial charge is 0.135 e. The van der Waals surface area contributed by atoms with Crippen molar-refractivity contribution in [1.29, 1.82) is 0 Å². The predicted molar refractivity (Wildman–Crippen MR) is 294 cm³/mol. The van der Waals surface area contributed by atoms with Gasteiger partial charge in [-0.15, -0.1) is 48.1 Å². The van der Waals surface area contributed by atoms with Crippen molar-refractivity contribution in [2.45, 2.75) is 37.5 Å². The third-order valence-electron chi connectivity index (χ3n) is 17.7. The van der Waals surface area contributed by atoms with Crippen LogP contribution in [-0.2, 0) is 40.6 Å². The van der Waals surface area contributed by atoms with Crippen molar-refractivity contribution < 1.29 is 25.8 Å². The van der Waals surface area contributed by atoms with Crippen molar-refractivity contribution in [3.63, 3.8) is 0 Å². The number of fused-ring (bicyclic) bond motifs is 10. The zero-order valence-corrected chi connectivity index (χ0v) is 43.3. The molecule has 0 amide bonds. The van der Waals surface area contributed by atoms with Crippen LogP contribution in [0.2, 0.25) is 0 Å². The molecule has 8 nitrogen and oxygen atoms in total. The van der Waals surface area contributed by atoms with E-state index in [9.17, 15) is 0 Å². The van der Waals surface area contributed by atoms with E-state index in [2.05, 4.69) is 207 Å². The zero-order chi connectivity index (χ0) is 48.1. The summed E-state index contributed by atoms with van der Waals surface area (Å²) < 4.78 is 13.8. The first-order valence-corrected chi connectivity index (χ1v) is 25.9. The van der Waals surface area contributed by atoms with Gasteiger partial charge in [-0.25, -0.2) is 4.98 Å². The molecular formula is C65H50N7OPt-3. The normalized spacial score (nSPS) is 20.9. The van der Waals surface area contributed by atoms with E-state index in [1.807, 2.05) is 30.7 Å². The van der Waals surface area contributed by atoms with Crippen LogP contribution in [0, 0.1) is 42.5 Å². The second-order valence-corrected chi connectivity index (χ2v) is 21.3. The fourth-order valence-corrected chi connectivity index (χ4v) is 15.0. The number of nitrogens with zero attached hydrogens (tertiary/aromatic N) is 7. The molecule has 0 atom stereocenters. The molecule has 17 rings (SSSR count). The fourth-order valence-electron chi connectivity index (χ4n) is 15.0. The molecule has 0 N–H and O–H groups in total. The number of pyridine rings is 2. The standard InChI is InChI=1S/C65H50N7O.Pt/c1-68-55-19-8-6-17-49(55)53-37-54-50-18-7-9-20-56(50)69(2)63(54)64(62(53)68)71-39-70(57-21-10-11-22-58(57)71)46-15-12-16-47(35-46)73-48-23-24-51-52-26-27-66-38-60(52)72(59(51)36-48)61-34-43(25-28-67-61)65(42-13-4-3-5-14-42)44-30-40-29-41(32-44)33-45(65)31-40;/h3-28,34,37-41,44-45H,29-33H2,1-2H3;/q-3;. The Labute approximate surface area is 443 Å². The molecule has 5 aromatic heterocycles. The summed E-state index contributed by atoms with van der Waals surface area (Å²) in [6.07, 6.45) is 12.5. The molecule has 7 aromatic carbocycles. The second kappa shape index (κ2) is 16.4. The van der Waals surface area contributed by atoms with Gasteiger partial charge in [0.1, 0.15) is 5.82 Å². The van der Waals surface area contributed by atoms with E-state index in [4.69, 9.17) is 9.72 Å². The maximum absolute atomic E-state index is 6.82. The van der Waals surface area contributed by atoms with Gasteiger partial charge >= 0.3 is 0 Å². The maximum Gasteiger partial charge on any atom is 0.135 e. The van der Waals surface area contributed by atoms with E-state index in [0.29, 0.717) is 23.3 Å². The number of ether oxygens (including phenoxy) is 1. The van der Waals surface area contributed by atoms with Crippen LogP contribution >= 0.6 is 0 Å². The Morgan fingerprint density at radius 1 is 0.541 bits per heavy atom. The predicted octanol–water partition coefficient (Wildman–Crippen LogP) is 15.4. The number of aromatic nitrogens is 5. The molecule has 5 aliphatic rings. The van der Waals surface area contributed by atoms with Gasteiger partial charge in [0, 0.05) is 108 Å². The van der Waals surface area contributed by atoms with E-state index in [1.54, 1.807) is 0 Å². The van der Waals surface area contributed by atoms with E-state index >= 15 is 0 Å². The maximum atomic E-state index is 6.82. The van der Waals surface area contributed by atoms with Gasteiger partial charge in [0.05, 0.1) is 28.4 Å². The Morgan fingerprint density at radius 2 is 1.18 bits per heavy atom. The van der Waals surface area contributed by atoms with Gasteiger partial charge in [0.15, 0.2) is 0 Å². The van der Waals surface area contributed by atoms with Gasteiger partial charge in [-0.3, -0.25) is 4.98 Å². The van der Waals surface area contributed by atoms with Gasteiger partial charge in [-0.1, -0.05) is 84.4 Å². The van der Waals surface area contributed by atoms with E-state index < -0.39 is 0 Å². The van der Waals surface area contributed by atoms with Gasteiger partial charge < -0.3 is 28.2 Å². The largest absolute Gasteiger partial charge is 0.509 e. The second-order valence-electron chi connectivity index (χ2n) is 21.3. The molecule has 6 heterocycles. The minimum Gasteiger partial charge on any atom is -0.509 e. The number of para-hydroxylation sites is 4. The molecule has 74 heavy (non-hydrogen) atoms. The van der Waals surface area contributed by atoms with E-state index in [0.717, 1.165) is 62.2 Å². The Balaban J connectivity index is 0.00000484. The topological polar surface area (TPSA) is 56.3 Å². The summed E-state index contributed by atoms with van der Waals surface area (Å²) in [6, 6.07) is 64.5. The van der Waals surface area contributed by atoms with Crippen LogP contribution < -0.4 is 14.5 Å². The first-order chi connectivity index (χ1) is 36.0. The molecule has 0 unspecified atom stereocenters. The number of aryl methyl sites for hydroxylation is 2. The van der Waals surface area contributed by atoms with Gasteiger partial charge in [0.25, 0.3) is 0 Å². The molecule has 0 spiro atoms. The summed E-state index contributed by atoms with van der Waals surface area (Å²) in [5.74, 6) is 5.02. The molecule has 364 valence electrons. The van der Waals surface area contributed by atoms with E-state index in [-0.39, 0.29) is 26.5 Å². The Bertz CT molecular complexity index is 4120. The van der Waals surface area contributed by atoms with Crippen molar-refractivity contribution in [2.24, 2.45) is 37.8 Å². The fraction of sp³-hybridized carbons (Fsp3) is 0.185. The average molecular weight is 1140 g/mol. The summed E-state index contributed by atoms with van der Waals surface area (Å²) in [5, 5.41) is 7.12. The van der Waals surface area contributed by atoms with Gasteiger partial charge in [-0.05, 0) is 121 Å². The summed E-state index contributed by atoms with van der Waals surface area (Å²) in [4.78, 5) is 14.4. The van der Waals surface area contributed by atoms with Crippen molar-refractivity contribution in [3.8, 4) is 17.3 Å². The molecule has 9 heteroatoms. The van der Waals surface area contributed by atoms with Crippen LogP contribution in [0.4, 0.5) is 22.7 Å². The van der Waals surface area contributed by atoms with Crippen molar-refractivity contribution in [3.05, 3.63) is 206 Å². The molecule has 4 saturated carbocycles. The number of anilines is 4. The first kappa shape index (κ1) is 43.9. The van der Waals surface area contributed by atoms with Crippen LogP contribution in [0.25, 0.3) is 71.2 Å². The molecule has 4 fully saturated rings. The quantitative estimate of drug-likeness (QED) is 0.149. The minimum absolute atomic E-state index is 0. The summed E-state index contributed by atoms with van der Waals surface area (Å²) in [5.41, 5.74) is 13.6. The van der Waals surface area contributed by atoms with Gasteiger partial charge in [-0.2, -0.15) is 12.1 Å². The SMILES string of the molecule is Cn1c2ccccc2c2cc3c4ccccc4n(C)c3c(N3[CH-]N(c4[c-]c(Oc5[c-]c6c(cc5)c5ccncc5n6-c5cc(C6(c7ccccc7)C7CC8CC(C7)CC6C8)ccn5)ccc4)c4ccccc43)c21.[Pt].